The number of hydrogen-bond acceptors (Lipinski definition) is 18. The summed E-state index contributed by atoms with van der Waals surface area (Å²) in [4.78, 5) is 0. The lowest BCUT2D eigenvalue weighted by Gasteiger charge is -2.58. The van der Waals surface area contributed by atoms with Crippen LogP contribution in [0.1, 0.15) is 85.5 Å². The molecule has 0 bridgehead atoms. The third kappa shape index (κ3) is 7.81. The van der Waals surface area contributed by atoms with Gasteiger partial charge in [0, 0.05) is 12.3 Å². The van der Waals surface area contributed by atoms with Crippen LogP contribution in [-0.4, -0.2) is 188 Å². The SMILES string of the molecule is C[C@@H]1CC[C@@]2(OC1)O[C@H]1C[C@@H]3[C@@H]4CC=C5C[C@@H](O[C@@H]6O[C@H](CO)[C@@H](O[C@@H]7O[C@H](CO)[C@@H](O)[C@H](O)[C@H]7O)[C@H](O)[C@H]6O[C@@H]6O[C@H](CO)[C@@H](O)[C@H](O)[C@H]6O)CC[C@]5(C)[C@H]4CC[C@]3(C)[C@H]1[C@@H]2C. The van der Waals surface area contributed by atoms with E-state index in [0.29, 0.717) is 48.3 Å². The minimum absolute atomic E-state index is 0.0603. The molecule has 0 aromatic heterocycles. The Bertz CT molecular complexity index is 1630. The second kappa shape index (κ2) is 17.8. The topological polar surface area (TPSA) is 276 Å². The summed E-state index contributed by atoms with van der Waals surface area (Å²) < 4.78 is 49.7. The van der Waals surface area contributed by atoms with Crippen LogP contribution in [0.25, 0.3) is 0 Å². The Labute approximate surface area is 368 Å². The largest absolute Gasteiger partial charge is 0.394 e. The van der Waals surface area contributed by atoms with E-state index in [-0.39, 0.29) is 16.9 Å². The molecule has 63 heavy (non-hydrogen) atoms. The van der Waals surface area contributed by atoms with Crippen LogP contribution in [0.15, 0.2) is 11.6 Å². The molecule has 0 unspecified atom stereocenters. The maximum absolute atomic E-state index is 12.0. The van der Waals surface area contributed by atoms with E-state index in [2.05, 4.69) is 33.8 Å². The van der Waals surface area contributed by atoms with Crippen LogP contribution in [0.5, 0.6) is 0 Å². The Morgan fingerprint density at radius 1 is 0.651 bits per heavy atom. The minimum Gasteiger partial charge on any atom is -0.394 e. The van der Waals surface area contributed by atoms with E-state index in [0.717, 1.165) is 51.6 Å². The standard InChI is InChI=1S/C45H72O18/c1-19-7-12-45(56-18-19)20(2)30-26(63-45)14-25-23-6-5-21-13-22(8-10-43(21,3)24(23)9-11-44(25,30)4)57-42-39(62-41-36(54)34(52)32(50)28(16-47)59-41)37(55)38(29(17-48)60-42)61-40-35(53)33(51)31(49)27(15-46)58-40/h5,19-20,22-42,46-55H,6-18H2,1-4H3/t19-,20+,22+,23-,24+,25-,26+,27-,28-,29-,30+,31-,32-,33+,34+,35-,36-,37+,38-,39-,40+,41+,42-,43+,44+,45-/m1/s1. The fraction of sp³-hybridized carbons (Fsp3) is 0.956. The van der Waals surface area contributed by atoms with Gasteiger partial charge in [0.05, 0.1) is 38.6 Å². The average molecular weight is 901 g/mol. The van der Waals surface area contributed by atoms with Gasteiger partial charge in [-0.3, -0.25) is 0 Å². The predicted octanol–water partition coefficient (Wildman–Crippen LogP) is -0.813. The van der Waals surface area contributed by atoms with Gasteiger partial charge in [-0.1, -0.05) is 39.3 Å². The van der Waals surface area contributed by atoms with Crippen molar-refractivity contribution in [1.29, 1.82) is 0 Å². The maximum Gasteiger partial charge on any atom is 0.187 e. The predicted molar refractivity (Wildman–Crippen MR) is 216 cm³/mol. The molecule has 4 aliphatic carbocycles. The molecule has 8 fully saturated rings. The molecule has 9 aliphatic rings. The molecule has 360 valence electrons. The molecule has 18 nitrogen and oxygen atoms in total. The molecular formula is C45H72O18. The molecule has 5 aliphatic heterocycles. The highest BCUT2D eigenvalue weighted by molar-refractivity contribution is 5.26. The van der Waals surface area contributed by atoms with E-state index >= 15 is 0 Å². The first-order chi connectivity index (χ1) is 30.0. The van der Waals surface area contributed by atoms with Gasteiger partial charge >= 0.3 is 0 Å². The van der Waals surface area contributed by atoms with Crippen LogP contribution < -0.4 is 0 Å². The number of allylic oxidation sites excluding steroid dienone is 1. The van der Waals surface area contributed by atoms with Gasteiger partial charge in [0.25, 0.3) is 0 Å². The Morgan fingerprint density at radius 3 is 1.87 bits per heavy atom. The van der Waals surface area contributed by atoms with Crippen molar-refractivity contribution in [3.8, 4) is 0 Å². The van der Waals surface area contributed by atoms with Gasteiger partial charge in [-0.15, -0.1) is 0 Å². The number of fused-ring (bicyclic) bond motifs is 7. The summed E-state index contributed by atoms with van der Waals surface area (Å²) in [5, 5.41) is 106. The van der Waals surface area contributed by atoms with E-state index in [4.69, 9.17) is 37.9 Å². The van der Waals surface area contributed by atoms with Gasteiger partial charge in [0.15, 0.2) is 24.7 Å². The van der Waals surface area contributed by atoms with E-state index in [9.17, 15) is 51.1 Å². The Morgan fingerprint density at radius 2 is 1.27 bits per heavy atom. The number of hydrogen-bond donors (Lipinski definition) is 10. The lowest BCUT2D eigenvalue weighted by atomic mass is 9.47. The van der Waals surface area contributed by atoms with Crippen LogP contribution in [-0.2, 0) is 37.9 Å². The summed E-state index contributed by atoms with van der Waals surface area (Å²) in [5.41, 5.74) is 1.42. The van der Waals surface area contributed by atoms with E-state index in [1.165, 1.54) is 5.57 Å². The molecule has 0 radical (unpaired) electrons. The molecule has 18 heteroatoms. The van der Waals surface area contributed by atoms with Crippen molar-refractivity contribution in [1.82, 2.24) is 0 Å². The van der Waals surface area contributed by atoms with Crippen LogP contribution in [0, 0.1) is 46.3 Å². The molecule has 10 N–H and O–H groups in total. The molecule has 0 aromatic rings. The van der Waals surface area contributed by atoms with Crippen molar-refractivity contribution >= 4 is 0 Å². The summed E-state index contributed by atoms with van der Waals surface area (Å²) in [7, 11) is 0. The summed E-state index contributed by atoms with van der Waals surface area (Å²) in [6.07, 6.45) is -13.8. The molecule has 26 atom stereocenters. The number of aliphatic hydroxyl groups is 10. The molecule has 5 heterocycles. The monoisotopic (exact) mass is 900 g/mol. The van der Waals surface area contributed by atoms with E-state index in [1.54, 1.807) is 0 Å². The van der Waals surface area contributed by atoms with Crippen molar-refractivity contribution in [2.24, 2.45) is 46.3 Å². The van der Waals surface area contributed by atoms with Crippen LogP contribution in [0.4, 0.5) is 0 Å². The highest BCUT2D eigenvalue weighted by Gasteiger charge is 2.69. The highest BCUT2D eigenvalue weighted by Crippen LogP contribution is 2.70. The summed E-state index contributed by atoms with van der Waals surface area (Å²) in [6, 6.07) is 0. The lowest BCUT2D eigenvalue weighted by Crippen LogP contribution is -2.67. The maximum atomic E-state index is 12.0. The van der Waals surface area contributed by atoms with Crippen LogP contribution >= 0.6 is 0 Å². The zero-order valence-corrected chi connectivity index (χ0v) is 36.8. The fourth-order valence-electron chi connectivity index (χ4n) is 14.1. The van der Waals surface area contributed by atoms with Gasteiger partial charge in [-0.05, 0) is 91.8 Å². The first-order valence-corrected chi connectivity index (χ1v) is 23.5. The van der Waals surface area contributed by atoms with Crippen molar-refractivity contribution in [2.75, 3.05) is 26.4 Å². The molecule has 5 saturated heterocycles. The molecular weight excluding hydrogens is 828 g/mol. The number of ether oxygens (including phenoxy) is 8. The van der Waals surface area contributed by atoms with Crippen molar-refractivity contribution in [3.63, 3.8) is 0 Å². The zero-order chi connectivity index (χ0) is 44.9. The van der Waals surface area contributed by atoms with Crippen molar-refractivity contribution in [3.05, 3.63) is 11.6 Å². The van der Waals surface area contributed by atoms with Crippen LogP contribution in [0.3, 0.4) is 0 Å². The molecule has 0 amide bonds. The van der Waals surface area contributed by atoms with E-state index in [1.807, 2.05) is 0 Å². The van der Waals surface area contributed by atoms with Gasteiger partial charge in [-0.2, -0.15) is 0 Å². The average Bonchev–Trinajstić information content (AvgIpc) is 3.72. The first kappa shape index (κ1) is 47.1. The van der Waals surface area contributed by atoms with Gasteiger partial charge in [0.2, 0.25) is 0 Å². The quantitative estimate of drug-likeness (QED) is 0.127. The van der Waals surface area contributed by atoms with Crippen molar-refractivity contribution < 1.29 is 89.0 Å². The third-order valence-electron chi connectivity index (χ3n) is 17.7. The number of rotatable bonds is 9. The highest BCUT2D eigenvalue weighted by atomic mass is 16.8. The molecule has 1 spiro atoms. The van der Waals surface area contributed by atoms with E-state index < -0.39 is 124 Å². The number of aliphatic hydroxyl groups excluding tert-OH is 10. The summed E-state index contributed by atoms with van der Waals surface area (Å²) in [6.45, 7) is 8.10. The van der Waals surface area contributed by atoms with Gasteiger partial charge < -0.3 is 89.0 Å². The second-order valence-electron chi connectivity index (χ2n) is 21.1. The second-order valence-corrected chi connectivity index (χ2v) is 21.1. The summed E-state index contributed by atoms with van der Waals surface area (Å²) >= 11 is 0. The van der Waals surface area contributed by atoms with Crippen molar-refractivity contribution in [2.45, 2.75) is 196 Å². The normalized spacial score (nSPS) is 56.9. The Hall–Kier alpha value is -0.980. The first-order valence-electron chi connectivity index (χ1n) is 23.5. The van der Waals surface area contributed by atoms with Crippen LogP contribution in [0.2, 0.25) is 0 Å². The van der Waals surface area contributed by atoms with Gasteiger partial charge in [0.1, 0.15) is 73.2 Å². The minimum atomic E-state index is -1.84. The molecule has 3 saturated carbocycles. The molecule has 9 rings (SSSR count). The van der Waals surface area contributed by atoms with Gasteiger partial charge in [-0.25, -0.2) is 0 Å². The summed E-state index contributed by atoms with van der Waals surface area (Å²) in [5.74, 6) is 2.47. The molecule has 0 aromatic carbocycles. The lowest BCUT2D eigenvalue weighted by molar-refractivity contribution is -0.391. The fourth-order valence-corrected chi connectivity index (χ4v) is 14.1. The third-order valence-corrected chi connectivity index (χ3v) is 17.7. The Kier molecular flexibility index (Phi) is 13.3. The smallest absolute Gasteiger partial charge is 0.187 e. The Balaban J connectivity index is 0.922. The zero-order valence-electron chi connectivity index (χ0n) is 36.8.